The minimum atomic E-state index is -0.423. The molecule has 1 saturated heterocycles. The predicted octanol–water partition coefficient (Wildman–Crippen LogP) is 1.35. The number of carbonyl (C=O) groups excluding carboxylic acids is 3. The Bertz CT molecular complexity index is 861. The fraction of sp³-hybridized carbons (Fsp3) is 0.368. The molecule has 1 aliphatic rings. The average Bonchev–Trinajstić information content (AvgIpc) is 3.08. The van der Waals surface area contributed by atoms with E-state index < -0.39 is 5.91 Å². The number of hydrogen-bond acceptors (Lipinski definition) is 4. The molecule has 3 N–H and O–H groups in total. The fourth-order valence-electron chi connectivity index (χ4n) is 3.47. The maximum atomic E-state index is 12.9. The molecule has 1 aliphatic heterocycles. The lowest BCUT2D eigenvalue weighted by molar-refractivity contribution is -0.118. The van der Waals surface area contributed by atoms with Crippen LogP contribution in [0, 0.1) is 0 Å². The third-order valence-electron chi connectivity index (χ3n) is 4.58. The van der Waals surface area contributed by atoms with E-state index in [0.717, 1.165) is 18.7 Å². The first-order chi connectivity index (χ1) is 12.9. The van der Waals surface area contributed by atoms with E-state index in [1.165, 1.54) is 6.92 Å². The number of aromatic nitrogens is 2. The van der Waals surface area contributed by atoms with Crippen LogP contribution >= 0.6 is 0 Å². The second-order valence-electron chi connectivity index (χ2n) is 6.73. The average molecular weight is 369 g/mol. The molecule has 8 nitrogen and oxygen atoms in total. The van der Waals surface area contributed by atoms with Crippen LogP contribution in [-0.4, -0.2) is 45.3 Å². The monoisotopic (exact) mass is 369 g/mol. The molecule has 27 heavy (non-hydrogen) atoms. The summed E-state index contributed by atoms with van der Waals surface area (Å²) in [7, 11) is 0. The lowest BCUT2D eigenvalue weighted by Crippen LogP contribution is -2.40. The zero-order chi connectivity index (χ0) is 19.4. The molecule has 142 valence electrons. The Morgan fingerprint density at radius 2 is 2.15 bits per heavy atom. The van der Waals surface area contributed by atoms with Crippen LogP contribution in [0.15, 0.2) is 36.7 Å². The van der Waals surface area contributed by atoms with Crippen molar-refractivity contribution < 1.29 is 14.4 Å². The van der Waals surface area contributed by atoms with Crippen LogP contribution in [0.3, 0.4) is 0 Å². The molecule has 1 unspecified atom stereocenters. The number of carbonyl (C=O) groups is 3. The summed E-state index contributed by atoms with van der Waals surface area (Å²) in [6.45, 7) is 2.70. The fourth-order valence-corrected chi connectivity index (χ4v) is 3.47. The van der Waals surface area contributed by atoms with Gasteiger partial charge in [-0.1, -0.05) is 6.07 Å². The summed E-state index contributed by atoms with van der Waals surface area (Å²) in [5.41, 5.74) is 6.43. The Hall–Kier alpha value is -3.16. The van der Waals surface area contributed by atoms with Gasteiger partial charge in [0.1, 0.15) is 12.4 Å². The van der Waals surface area contributed by atoms with Gasteiger partial charge in [0.15, 0.2) is 0 Å². The van der Waals surface area contributed by atoms with Gasteiger partial charge in [-0.3, -0.25) is 14.4 Å². The van der Waals surface area contributed by atoms with Crippen LogP contribution in [0.2, 0.25) is 0 Å². The number of imidazole rings is 1. The highest BCUT2D eigenvalue weighted by atomic mass is 16.2. The third-order valence-corrected chi connectivity index (χ3v) is 4.58. The van der Waals surface area contributed by atoms with Crippen LogP contribution < -0.4 is 11.1 Å². The molecule has 2 aromatic rings. The van der Waals surface area contributed by atoms with Gasteiger partial charge < -0.3 is 20.5 Å². The molecule has 3 rings (SSSR count). The van der Waals surface area contributed by atoms with Gasteiger partial charge in [0.05, 0.1) is 0 Å². The molecule has 0 bridgehead atoms. The van der Waals surface area contributed by atoms with Crippen LogP contribution in [0.5, 0.6) is 0 Å². The largest absolute Gasteiger partial charge is 0.368 e. The molecule has 1 fully saturated rings. The summed E-state index contributed by atoms with van der Waals surface area (Å²) in [5.74, 6) is 0.139. The van der Waals surface area contributed by atoms with E-state index >= 15 is 0 Å². The van der Waals surface area contributed by atoms with E-state index in [1.807, 2.05) is 0 Å². The topological polar surface area (TPSA) is 110 Å². The normalized spacial score (nSPS) is 16.8. The van der Waals surface area contributed by atoms with Gasteiger partial charge in [0.25, 0.3) is 5.91 Å². The summed E-state index contributed by atoms with van der Waals surface area (Å²) in [5, 5.41) is 2.69. The Labute approximate surface area is 157 Å². The maximum absolute atomic E-state index is 12.9. The van der Waals surface area contributed by atoms with Gasteiger partial charge in [-0.05, 0) is 31.0 Å². The molecule has 0 spiro atoms. The minimum Gasteiger partial charge on any atom is -0.368 e. The molecule has 1 aromatic heterocycles. The number of hydrogen-bond donors (Lipinski definition) is 2. The van der Waals surface area contributed by atoms with Crippen molar-refractivity contribution >= 4 is 23.4 Å². The Morgan fingerprint density at radius 3 is 2.89 bits per heavy atom. The van der Waals surface area contributed by atoms with Crippen molar-refractivity contribution in [2.45, 2.75) is 32.2 Å². The summed E-state index contributed by atoms with van der Waals surface area (Å²) < 4.78 is 1.75. The van der Waals surface area contributed by atoms with E-state index in [2.05, 4.69) is 10.3 Å². The molecular formula is C19H23N5O3. The molecule has 8 heteroatoms. The number of nitrogens with two attached hydrogens (primary N) is 1. The van der Waals surface area contributed by atoms with Gasteiger partial charge in [-0.2, -0.15) is 0 Å². The van der Waals surface area contributed by atoms with E-state index in [-0.39, 0.29) is 24.3 Å². The first-order valence-electron chi connectivity index (χ1n) is 8.90. The van der Waals surface area contributed by atoms with Crippen molar-refractivity contribution in [1.82, 2.24) is 14.5 Å². The second-order valence-corrected chi connectivity index (χ2v) is 6.73. The second kappa shape index (κ2) is 8.03. The lowest BCUT2D eigenvalue weighted by Gasteiger charge is -2.32. The minimum absolute atomic E-state index is 0.0515. The quantitative estimate of drug-likeness (QED) is 0.829. The molecule has 2 heterocycles. The first-order valence-corrected chi connectivity index (χ1v) is 8.90. The number of benzene rings is 1. The van der Waals surface area contributed by atoms with E-state index in [4.69, 9.17) is 5.73 Å². The highest BCUT2D eigenvalue weighted by molar-refractivity contribution is 5.96. The van der Waals surface area contributed by atoms with Crippen LogP contribution in [0.1, 0.15) is 41.9 Å². The smallest absolute Gasteiger partial charge is 0.253 e. The Balaban J connectivity index is 1.74. The van der Waals surface area contributed by atoms with Gasteiger partial charge in [0.2, 0.25) is 11.8 Å². The third kappa shape index (κ3) is 4.52. The predicted molar refractivity (Wildman–Crippen MR) is 100 cm³/mol. The van der Waals surface area contributed by atoms with Crippen molar-refractivity contribution in [3.8, 4) is 0 Å². The van der Waals surface area contributed by atoms with Crippen LogP contribution in [-0.2, 0) is 16.1 Å². The number of amides is 3. The van der Waals surface area contributed by atoms with E-state index in [0.29, 0.717) is 24.3 Å². The van der Waals surface area contributed by atoms with Crippen LogP contribution in [0.25, 0.3) is 0 Å². The number of anilines is 1. The van der Waals surface area contributed by atoms with Gasteiger partial charge in [-0.25, -0.2) is 4.98 Å². The number of nitrogens with one attached hydrogen (secondary N) is 1. The summed E-state index contributed by atoms with van der Waals surface area (Å²) in [6, 6.07) is 6.92. The SMILES string of the molecule is CC(=O)Nc1cccc(C(=O)N2CCCC(c3nccn3CC(N)=O)C2)c1. The van der Waals surface area contributed by atoms with Crippen molar-refractivity contribution in [3.63, 3.8) is 0 Å². The van der Waals surface area contributed by atoms with E-state index in [9.17, 15) is 14.4 Å². The first kappa shape index (κ1) is 18.6. The van der Waals surface area contributed by atoms with Gasteiger partial charge in [-0.15, -0.1) is 0 Å². The Kier molecular flexibility index (Phi) is 5.54. The summed E-state index contributed by atoms with van der Waals surface area (Å²) in [6.07, 6.45) is 5.13. The number of likely N-dealkylation sites (tertiary alicyclic amines) is 1. The number of piperidine rings is 1. The van der Waals surface area contributed by atoms with Crippen LogP contribution in [0.4, 0.5) is 5.69 Å². The number of primary amides is 1. The van der Waals surface area contributed by atoms with Crippen molar-refractivity contribution in [1.29, 1.82) is 0 Å². The molecule has 0 radical (unpaired) electrons. The zero-order valence-corrected chi connectivity index (χ0v) is 15.2. The number of nitrogens with zero attached hydrogens (tertiary/aromatic N) is 3. The maximum Gasteiger partial charge on any atom is 0.253 e. The van der Waals surface area contributed by atoms with Crippen molar-refractivity contribution in [2.75, 3.05) is 18.4 Å². The molecule has 1 aromatic carbocycles. The number of rotatable bonds is 5. The molecule has 0 saturated carbocycles. The zero-order valence-electron chi connectivity index (χ0n) is 15.2. The Morgan fingerprint density at radius 1 is 1.33 bits per heavy atom. The van der Waals surface area contributed by atoms with Gasteiger partial charge >= 0.3 is 0 Å². The highest BCUT2D eigenvalue weighted by Gasteiger charge is 2.28. The van der Waals surface area contributed by atoms with Crippen molar-refractivity contribution in [3.05, 3.63) is 48.0 Å². The molecule has 1 atom stereocenters. The molecule has 0 aliphatic carbocycles. The summed E-state index contributed by atoms with van der Waals surface area (Å²) >= 11 is 0. The van der Waals surface area contributed by atoms with Gasteiger partial charge in [0, 0.05) is 49.6 Å². The van der Waals surface area contributed by atoms with E-state index in [1.54, 1.807) is 46.1 Å². The molecular weight excluding hydrogens is 346 g/mol. The lowest BCUT2D eigenvalue weighted by atomic mass is 9.96. The standard InChI is InChI=1S/C19H23N5O3/c1-13(25)22-16-6-2-4-14(10-16)19(27)24-8-3-5-15(11-24)18-21-7-9-23(18)12-17(20)26/h2,4,6-7,9-10,15H,3,5,8,11-12H2,1H3,(H2,20,26)(H,22,25). The van der Waals surface area contributed by atoms with Crippen molar-refractivity contribution in [2.24, 2.45) is 5.73 Å². The highest BCUT2D eigenvalue weighted by Crippen LogP contribution is 2.27. The summed E-state index contributed by atoms with van der Waals surface area (Å²) in [4.78, 5) is 41.6. The molecule has 3 amide bonds.